The Morgan fingerprint density at radius 2 is 2.19 bits per heavy atom. The van der Waals surface area contributed by atoms with Crippen LogP contribution in [-0.2, 0) is 16.1 Å². The van der Waals surface area contributed by atoms with Crippen molar-refractivity contribution in [2.45, 2.75) is 33.4 Å². The standard InChI is InChI=1S/C13H24N6O2/c1-5-21-8-11-16-10(18-14)6-12(17-11)19(4)7-13(20)15-9(2)3/h6,9H,5,7-8,14H2,1-4H3,(H,15,20)(H,16,17,18). The van der Waals surface area contributed by atoms with Crippen LogP contribution in [0.25, 0.3) is 0 Å². The zero-order valence-corrected chi connectivity index (χ0v) is 13.0. The van der Waals surface area contributed by atoms with Crippen LogP contribution in [0.3, 0.4) is 0 Å². The van der Waals surface area contributed by atoms with Crippen LogP contribution in [0.1, 0.15) is 26.6 Å². The van der Waals surface area contributed by atoms with Gasteiger partial charge in [0.15, 0.2) is 5.82 Å². The Labute approximate surface area is 125 Å². The summed E-state index contributed by atoms with van der Waals surface area (Å²) in [6.45, 7) is 6.80. The summed E-state index contributed by atoms with van der Waals surface area (Å²) in [5.74, 6) is 6.93. The van der Waals surface area contributed by atoms with E-state index in [4.69, 9.17) is 10.6 Å². The van der Waals surface area contributed by atoms with E-state index >= 15 is 0 Å². The lowest BCUT2D eigenvalue weighted by Crippen LogP contribution is -2.39. The molecule has 1 amide bonds. The zero-order valence-electron chi connectivity index (χ0n) is 13.0. The lowest BCUT2D eigenvalue weighted by molar-refractivity contribution is -0.120. The Bertz CT molecular complexity index is 466. The van der Waals surface area contributed by atoms with Crippen LogP contribution < -0.4 is 21.5 Å². The summed E-state index contributed by atoms with van der Waals surface area (Å²) in [7, 11) is 1.78. The zero-order chi connectivity index (χ0) is 15.8. The molecule has 0 aliphatic heterocycles. The first-order valence-electron chi connectivity index (χ1n) is 6.89. The highest BCUT2D eigenvalue weighted by Gasteiger charge is 2.12. The number of nitrogens with zero attached hydrogens (tertiary/aromatic N) is 3. The Morgan fingerprint density at radius 3 is 2.76 bits per heavy atom. The van der Waals surface area contributed by atoms with Crippen molar-refractivity contribution in [2.24, 2.45) is 5.84 Å². The predicted octanol–water partition coefficient (Wildman–Crippen LogP) is 0.260. The molecule has 0 bridgehead atoms. The van der Waals surface area contributed by atoms with Gasteiger partial charge < -0.3 is 20.4 Å². The van der Waals surface area contributed by atoms with Crippen molar-refractivity contribution >= 4 is 17.5 Å². The third-order valence-electron chi connectivity index (χ3n) is 2.56. The van der Waals surface area contributed by atoms with Gasteiger partial charge in [-0.2, -0.15) is 0 Å². The van der Waals surface area contributed by atoms with E-state index in [-0.39, 0.29) is 18.5 Å². The topological polar surface area (TPSA) is 105 Å². The van der Waals surface area contributed by atoms with Crippen molar-refractivity contribution < 1.29 is 9.53 Å². The van der Waals surface area contributed by atoms with E-state index in [1.54, 1.807) is 18.0 Å². The summed E-state index contributed by atoms with van der Waals surface area (Å²) in [6.07, 6.45) is 0. The van der Waals surface area contributed by atoms with Gasteiger partial charge in [-0.05, 0) is 20.8 Å². The summed E-state index contributed by atoms with van der Waals surface area (Å²) >= 11 is 0. The molecule has 0 unspecified atom stereocenters. The number of aromatic nitrogens is 2. The third kappa shape index (κ3) is 5.92. The number of hydrogen-bond donors (Lipinski definition) is 3. The van der Waals surface area contributed by atoms with Crippen LogP contribution in [0.15, 0.2) is 6.07 Å². The number of rotatable bonds is 8. The highest BCUT2D eigenvalue weighted by atomic mass is 16.5. The Hall–Kier alpha value is -1.93. The molecule has 8 nitrogen and oxygen atoms in total. The molecule has 1 aromatic heterocycles. The first-order chi connectivity index (χ1) is 9.96. The minimum absolute atomic E-state index is 0.0697. The molecule has 8 heteroatoms. The molecule has 0 saturated carbocycles. The molecule has 4 N–H and O–H groups in total. The van der Waals surface area contributed by atoms with E-state index in [1.807, 2.05) is 20.8 Å². The van der Waals surface area contributed by atoms with Crippen LogP contribution in [0, 0.1) is 0 Å². The molecule has 0 atom stereocenters. The molecular formula is C13H24N6O2. The van der Waals surface area contributed by atoms with Crippen molar-refractivity contribution in [3.05, 3.63) is 11.9 Å². The third-order valence-corrected chi connectivity index (χ3v) is 2.56. The number of likely N-dealkylation sites (N-methyl/N-ethyl adjacent to an activating group) is 1. The van der Waals surface area contributed by atoms with Crippen molar-refractivity contribution in [3.8, 4) is 0 Å². The van der Waals surface area contributed by atoms with Crippen molar-refractivity contribution in [2.75, 3.05) is 30.5 Å². The minimum Gasteiger partial charge on any atom is -0.374 e. The van der Waals surface area contributed by atoms with E-state index < -0.39 is 0 Å². The van der Waals surface area contributed by atoms with Gasteiger partial charge in [0.05, 0.1) is 6.54 Å². The van der Waals surface area contributed by atoms with Gasteiger partial charge in [0.1, 0.15) is 18.2 Å². The highest BCUT2D eigenvalue weighted by Crippen LogP contribution is 2.14. The lowest BCUT2D eigenvalue weighted by atomic mass is 10.3. The molecule has 1 heterocycles. The first kappa shape index (κ1) is 17.1. The van der Waals surface area contributed by atoms with Crippen molar-refractivity contribution in [1.82, 2.24) is 15.3 Å². The first-order valence-corrected chi connectivity index (χ1v) is 6.89. The summed E-state index contributed by atoms with van der Waals surface area (Å²) in [6, 6.07) is 1.78. The molecule has 21 heavy (non-hydrogen) atoms. The monoisotopic (exact) mass is 296 g/mol. The number of carbonyl (C=O) groups excluding carboxylic acids is 1. The number of hydrazine groups is 1. The normalized spacial score (nSPS) is 10.6. The van der Waals surface area contributed by atoms with Gasteiger partial charge in [-0.15, -0.1) is 0 Å². The number of hydrogen-bond acceptors (Lipinski definition) is 7. The highest BCUT2D eigenvalue weighted by molar-refractivity contribution is 5.81. The lowest BCUT2D eigenvalue weighted by Gasteiger charge is -2.19. The van der Waals surface area contributed by atoms with Gasteiger partial charge in [0.25, 0.3) is 0 Å². The Morgan fingerprint density at radius 1 is 1.48 bits per heavy atom. The number of nitrogens with two attached hydrogens (primary N) is 1. The summed E-state index contributed by atoms with van der Waals surface area (Å²) in [5, 5.41) is 2.83. The van der Waals surface area contributed by atoms with Gasteiger partial charge in [0.2, 0.25) is 5.91 Å². The maximum absolute atomic E-state index is 11.8. The maximum Gasteiger partial charge on any atom is 0.239 e. The summed E-state index contributed by atoms with van der Waals surface area (Å²) < 4.78 is 5.30. The molecular weight excluding hydrogens is 272 g/mol. The smallest absolute Gasteiger partial charge is 0.239 e. The van der Waals surface area contributed by atoms with E-state index in [0.29, 0.717) is 30.7 Å². The van der Waals surface area contributed by atoms with E-state index in [1.165, 1.54) is 0 Å². The molecule has 0 aromatic carbocycles. The number of nitrogens with one attached hydrogen (secondary N) is 2. The number of carbonyl (C=O) groups is 1. The fourth-order valence-electron chi connectivity index (χ4n) is 1.67. The number of anilines is 2. The van der Waals surface area contributed by atoms with Gasteiger partial charge in [-0.3, -0.25) is 4.79 Å². The molecule has 0 saturated heterocycles. The molecule has 0 spiro atoms. The largest absolute Gasteiger partial charge is 0.374 e. The van der Waals surface area contributed by atoms with E-state index in [0.717, 1.165) is 0 Å². The molecule has 1 aromatic rings. The predicted molar refractivity (Wildman–Crippen MR) is 81.7 cm³/mol. The molecule has 0 fully saturated rings. The molecule has 118 valence electrons. The fraction of sp³-hybridized carbons (Fsp3) is 0.615. The van der Waals surface area contributed by atoms with Crippen LogP contribution in [-0.4, -0.2) is 42.1 Å². The van der Waals surface area contributed by atoms with Crippen molar-refractivity contribution in [3.63, 3.8) is 0 Å². The van der Waals surface area contributed by atoms with Gasteiger partial charge >= 0.3 is 0 Å². The number of amides is 1. The van der Waals surface area contributed by atoms with Crippen LogP contribution in [0.4, 0.5) is 11.6 Å². The summed E-state index contributed by atoms with van der Waals surface area (Å²) in [4.78, 5) is 22.1. The molecule has 0 aliphatic carbocycles. The maximum atomic E-state index is 11.8. The number of ether oxygens (including phenoxy) is 1. The molecule has 0 radical (unpaired) electrons. The average molecular weight is 296 g/mol. The SMILES string of the molecule is CCOCc1nc(NN)cc(N(C)CC(=O)NC(C)C)n1. The van der Waals surface area contributed by atoms with Gasteiger partial charge in [-0.25, -0.2) is 15.8 Å². The second-order valence-electron chi connectivity index (χ2n) is 4.89. The Kier molecular flexibility index (Phi) is 6.83. The van der Waals surface area contributed by atoms with E-state index in [9.17, 15) is 4.79 Å². The minimum atomic E-state index is -0.0697. The second-order valence-corrected chi connectivity index (χ2v) is 4.89. The van der Waals surface area contributed by atoms with Crippen LogP contribution >= 0.6 is 0 Å². The van der Waals surface area contributed by atoms with Gasteiger partial charge in [0, 0.05) is 25.8 Å². The Balaban J connectivity index is 2.81. The molecule has 1 rings (SSSR count). The van der Waals surface area contributed by atoms with Gasteiger partial charge in [-0.1, -0.05) is 0 Å². The summed E-state index contributed by atoms with van der Waals surface area (Å²) in [5.41, 5.74) is 2.49. The number of nitrogen functional groups attached to an aromatic ring is 1. The van der Waals surface area contributed by atoms with E-state index in [2.05, 4.69) is 20.7 Å². The fourth-order valence-corrected chi connectivity index (χ4v) is 1.67. The second kappa shape index (κ2) is 8.38. The average Bonchev–Trinajstić information content (AvgIpc) is 2.43. The van der Waals surface area contributed by atoms with Crippen LogP contribution in [0.5, 0.6) is 0 Å². The van der Waals surface area contributed by atoms with Crippen LogP contribution in [0.2, 0.25) is 0 Å². The quantitative estimate of drug-likeness (QED) is 0.467. The molecule has 0 aliphatic rings. The van der Waals surface area contributed by atoms with Crippen molar-refractivity contribution in [1.29, 1.82) is 0 Å².